The fourth-order valence-corrected chi connectivity index (χ4v) is 5.18. The normalized spacial score (nSPS) is 16.1. The molecule has 1 aromatic heterocycles. The smallest absolute Gasteiger partial charge is 0.304 e. The molecule has 0 spiro atoms. The molecular weight excluding hydrogens is 420 g/mol. The van der Waals surface area contributed by atoms with Crippen LogP contribution in [0.4, 0.5) is 5.13 Å². The Labute approximate surface area is 183 Å². The maximum atomic E-state index is 13.4. The van der Waals surface area contributed by atoms with Crippen LogP contribution in [0, 0.1) is 5.92 Å². The summed E-state index contributed by atoms with van der Waals surface area (Å²) in [5, 5.41) is 12.5. The minimum atomic E-state index is -0.970. The zero-order chi connectivity index (χ0) is 21.3. The molecule has 0 saturated heterocycles. The summed E-state index contributed by atoms with van der Waals surface area (Å²) in [4.78, 5) is 31.0. The van der Waals surface area contributed by atoms with Crippen molar-refractivity contribution in [1.82, 2.24) is 4.98 Å². The number of amides is 1. The average Bonchev–Trinajstić information content (AvgIpc) is 3.39. The predicted octanol–water partition coefficient (Wildman–Crippen LogP) is 5.25. The number of anilines is 1. The first-order valence-corrected chi connectivity index (χ1v) is 11.0. The van der Waals surface area contributed by atoms with E-state index in [2.05, 4.69) is 11.1 Å². The van der Waals surface area contributed by atoms with Gasteiger partial charge in [0.25, 0.3) is 0 Å². The van der Waals surface area contributed by atoms with Gasteiger partial charge < -0.3 is 5.11 Å². The van der Waals surface area contributed by atoms with Crippen molar-refractivity contribution < 1.29 is 14.7 Å². The Morgan fingerprint density at radius 3 is 2.73 bits per heavy atom. The minimum absolute atomic E-state index is 0.102. The number of aliphatic carboxylic acids is 1. The first-order valence-electron chi connectivity index (χ1n) is 9.73. The summed E-state index contributed by atoms with van der Waals surface area (Å²) in [5.41, 5.74) is 3.78. The van der Waals surface area contributed by atoms with Crippen molar-refractivity contribution in [1.29, 1.82) is 0 Å². The number of aromatic nitrogens is 1. The Bertz CT molecular complexity index is 1100. The fourth-order valence-electron chi connectivity index (χ4n) is 4.15. The molecule has 1 unspecified atom stereocenters. The molecule has 1 heterocycles. The Balaban J connectivity index is 1.61. The molecule has 2 aromatic carbocycles. The second-order valence-electron chi connectivity index (χ2n) is 7.44. The lowest BCUT2D eigenvalue weighted by Gasteiger charge is -2.26. The van der Waals surface area contributed by atoms with Crippen LogP contribution in [-0.4, -0.2) is 29.0 Å². The van der Waals surface area contributed by atoms with Gasteiger partial charge in [0, 0.05) is 23.0 Å². The highest BCUT2D eigenvalue weighted by atomic mass is 35.5. The standard InChI is InChI=1S/C23H21ClN2O3S/c1-26(23-25-20(13-30-23)17-8-4-5-9-19(17)24)22(29)18(12-21(27)28)16-11-10-14-6-2-3-7-15(14)16/h2-9,13,16,18H,10-12H2,1H3,(H,27,28)/t16?,18-/m0/s1. The molecule has 0 radical (unpaired) electrons. The predicted molar refractivity (Wildman–Crippen MR) is 119 cm³/mol. The zero-order valence-corrected chi connectivity index (χ0v) is 18.0. The van der Waals surface area contributed by atoms with Crippen molar-refractivity contribution in [3.63, 3.8) is 0 Å². The van der Waals surface area contributed by atoms with Gasteiger partial charge in [-0.3, -0.25) is 14.5 Å². The van der Waals surface area contributed by atoms with Crippen molar-refractivity contribution in [2.24, 2.45) is 5.92 Å². The van der Waals surface area contributed by atoms with E-state index < -0.39 is 11.9 Å². The highest BCUT2D eigenvalue weighted by Crippen LogP contribution is 2.41. The third kappa shape index (κ3) is 3.98. The molecule has 0 fully saturated rings. The Kier molecular flexibility index (Phi) is 5.88. The van der Waals surface area contributed by atoms with E-state index >= 15 is 0 Å². The van der Waals surface area contributed by atoms with Gasteiger partial charge in [0.1, 0.15) is 0 Å². The van der Waals surface area contributed by atoms with Crippen LogP contribution in [0.2, 0.25) is 5.02 Å². The maximum Gasteiger partial charge on any atom is 0.304 e. The number of fused-ring (bicyclic) bond motifs is 1. The Morgan fingerprint density at radius 2 is 1.97 bits per heavy atom. The van der Waals surface area contributed by atoms with Crippen molar-refractivity contribution in [2.75, 3.05) is 11.9 Å². The van der Waals surface area contributed by atoms with Crippen molar-refractivity contribution in [2.45, 2.75) is 25.2 Å². The van der Waals surface area contributed by atoms with E-state index in [1.807, 2.05) is 41.8 Å². The number of benzene rings is 2. The number of thiazole rings is 1. The van der Waals surface area contributed by atoms with Crippen LogP contribution < -0.4 is 4.90 Å². The SMILES string of the molecule is CN(C(=O)[C@@H](CC(=O)O)C1CCc2ccccc21)c1nc(-c2ccccc2Cl)cs1. The number of carbonyl (C=O) groups excluding carboxylic acids is 1. The van der Waals surface area contributed by atoms with Crippen LogP contribution in [0.3, 0.4) is 0 Å². The Hall–Kier alpha value is -2.70. The van der Waals surface area contributed by atoms with E-state index in [9.17, 15) is 14.7 Å². The first-order chi connectivity index (χ1) is 14.5. The molecule has 1 amide bonds. The molecule has 7 heteroatoms. The molecular formula is C23H21ClN2O3S. The number of carboxylic acids is 1. The molecule has 1 N–H and O–H groups in total. The quantitative estimate of drug-likeness (QED) is 0.568. The topological polar surface area (TPSA) is 70.5 Å². The third-order valence-electron chi connectivity index (χ3n) is 5.64. The van der Waals surface area contributed by atoms with Gasteiger partial charge in [0.2, 0.25) is 5.91 Å². The summed E-state index contributed by atoms with van der Waals surface area (Å²) in [5.74, 6) is -1.93. The zero-order valence-electron chi connectivity index (χ0n) is 16.4. The molecule has 4 rings (SSSR count). The second-order valence-corrected chi connectivity index (χ2v) is 8.68. The van der Waals surface area contributed by atoms with Gasteiger partial charge in [0.15, 0.2) is 5.13 Å². The van der Waals surface area contributed by atoms with Gasteiger partial charge in [0.05, 0.1) is 18.0 Å². The van der Waals surface area contributed by atoms with E-state index in [0.717, 1.165) is 24.0 Å². The van der Waals surface area contributed by atoms with Crippen molar-refractivity contribution in [3.8, 4) is 11.3 Å². The van der Waals surface area contributed by atoms with Gasteiger partial charge >= 0.3 is 5.97 Å². The number of rotatable bonds is 6. The van der Waals surface area contributed by atoms with E-state index in [1.54, 1.807) is 13.1 Å². The largest absolute Gasteiger partial charge is 0.481 e. The molecule has 2 atom stereocenters. The minimum Gasteiger partial charge on any atom is -0.481 e. The number of carbonyl (C=O) groups is 2. The van der Waals surface area contributed by atoms with E-state index in [0.29, 0.717) is 15.8 Å². The molecule has 30 heavy (non-hydrogen) atoms. The lowest BCUT2D eigenvalue weighted by molar-refractivity contribution is -0.141. The van der Waals surface area contributed by atoms with Crippen LogP contribution in [-0.2, 0) is 16.0 Å². The summed E-state index contributed by atoms with van der Waals surface area (Å²) >= 11 is 7.61. The lowest BCUT2D eigenvalue weighted by Crippen LogP contribution is -2.36. The van der Waals surface area contributed by atoms with Gasteiger partial charge in [-0.1, -0.05) is 54.1 Å². The number of halogens is 1. The summed E-state index contributed by atoms with van der Waals surface area (Å²) in [6.07, 6.45) is 1.44. The van der Waals surface area contributed by atoms with Crippen LogP contribution in [0.25, 0.3) is 11.3 Å². The van der Waals surface area contributed by atoms with Crippen LogP contribution in [0.15, 0.2) is 53.9 Å². The third-order valence-corrected chi connectivity index (χ3v) is 6.88. The van der Waals surface area contributed by atoms with E-state index in [4.69, 9.17) is 11.6 Å². The number of hydrogen-bond acceptors (Lipinski definition) is 4. The van der Waals surface area contributed by atoms with Crippen molar-refractivity contribution in [3.05, 3.63) is 70.1 Å². The van der Waals surface area contributed by atoms with Crippen LogP contribution in [0.1, 0.15) is 29.9 Å². The summed E-state index contributed by atoms with van der Waals surface area (Å²) in [6.45, 7) is 0. The average molecular weight is 441 g/mol. The summed E-state index contributed by atoms with van der Waals surface area (Å²) < 4.78 is 0. The molecule has 1 aliphatic rings. The molecule has 0 aliphatic heterocycles. The summed E-state index contributed by atoms with van der Waals surface area (Å²) in [6, 6.07) is 15.4. The van der Waals surface area contributed by atoms with Crippen LogP contribution >= 0.6 is 22.9 Å². The number of carboxylic acid groups (broad SMARTS) is 1. The highest BCUT2D eigenvalue weighted by Gasteiger charge is 2.37. The molecule has 3 aromatic rings. The fraction of sp³-hybridized carbons (Fsp3) is 0.261. The highest BCUT2D eigenvalue weighted by molar-refractivity contribution is 7.14. The summed E-state index contributed by atoms with van der Waals surface area (Å²) in [7, 11) is 1.66. The van der Waals surface area contributed by atoms with Crippen molar-refractivity contribution >= 4 is 39.9 Å². The monoisotopic (exact) mass is 440 g/mol. The van der Waals surface area contributed by atoms with Gasteiger partial charge in [-0.2, -0.15) is 0 Å². The van der Waals surface area contributed by atoms with Gasteiger partial charge in [-0.05, 0) is 36.0 Å². The second kappa shape index (κ2) is 8.58. The molecule has 1 aliphatic carbocycles. The number of hydrogen-bond donors (Lipinski definition) is 1. The van der Waals surface area contributed by atoms with E-state index in [1.165, 1.54) is 21.8 Å². The lowest BCUT2D eigenvalue weighted by atomic mass is 9.84. The van der Waals surface area contributed by atoms with Gasteiger partial charge in [-0.25, -0.2) is 4.98 Å². The molecule has 0 saturated carbocycles. The number of nitrogens with zero attached hydrogens (tertiary/aromatic N) is 2. The number of aryl methyl sites for hydroxylation is 1. The Morgan fingerprint density at radius 1 is 1.23 bits per heavy atom. The van der Waals surface area contributed by atoms with Gasteiger partial charge in [-0.15, -0.1) is 11.3 Å². The molecule has 154 valence electrons. The maximum absolute atomic E-state index is 13.4. The molecule has 0 bridgehead atoms. The first kappa shape index (κ1) is 20.6. The van der Waals surface area contributed by atoms with Crippen LogP contribution in [0.5, 0.6) is 0 Å². The van der Waals surface area contributed by atoms with E-state index in [-0.39, 0.29) is 18.2 Å². The molecule has 5 nitrogen and oxygen atoms in total.